The van der Waals surface area contributed by atoms with Crippen LogP contribution in [0.2, 0.25) is 0 Å². The Hall–Kier alpha value is -3.37. The minimum Gasteiger partial charge on any atom is -0.480 e. The van der Waals surface area contributed by atoms with E-state index in [2.05, 4.69) is 65.6 Å². The number of fused-ring (bicyclic) bond motifs is 2. The number of hydrogen-bond donors (Lipinski definition) is 1. The van der Waals surface area contributed by atoms with Gasteiger partial charge in [-0.15, -0.1) is 0 Å². The largest absolute Gasteiger partial charge is 0.480 e. The van der Waals surface area contributed by atoms with Gasteiger partial charge in [-0.25, -0.2) is 0 Å². The lowest BCUT2D eigenvalue weighted by Gasteiger charge is -2.36. The van der Waals surface area contributed by atoms with Gasteiger partial charge in [0.05, 0.1) is 6.04 Å². The van der Waals surface area contributed by atoms with Crippen LogP contribution in [0, 0.1) is 5.92 Å². The van der Waals surface area contributed by atoms with Crippen LogP contribution in [-0.4, -0.2) is 48.2 Å². The molecule has 0 spiro atoms. The van der Waals surface area contributed by atoms with Crippen LogP contribution in [0.5, 0.6) is 0 Å². The summed E-state index contributed by atoms with van der Waals surface area (Å²) >= 11 is 0. The molecule has 1 aliphatic heterocycles. The number of nitrogens with zero attached hydrogens (tertiary/aromatic N) is 2. The lowest BCUT2D eigenvalue weighted by atomic mass is 9.94. The Balaban J connectivity index is 1.44. The van der Waals surface area contributed by atoms with E-state index in [0.717, 1.165) is 18.5 Å². The molecule has 0 saturated carbocycles. The first-order chi connectivity index (χ1) is 15.6. The van der Waals surface area contributed by atoms with Gasteiger partial charge in [-0.05, 0) is 30.7 Å². The molecule has 2 aromatic rings. The van der Waals surface area contributed by atoms with Crippen molar-refractivity contribution in [3.05, 3.63) is 102 Å². The Morgan fingerprint density at radius 2 is 1.81 bits per heavy atom. The lowest BCUT2D eigenvalue weighted by Crippen LogP contribution is -2.42. The average molecular weight is 427 g/mol. The SMILES string of the molecule is CN(CCCN1c2ccccc2C=CC2C=CC=CC21)C(/C=C/c1ccccc1)C(=O)O. The number of aliphatic carboxylic acids is 1. The molecule has 1 heterocycles. The van der Waals surface area contributed by atoms with Crippen LogP contribution in [-0.2, 0) is 4.79 Å². The summed E-state index contributed by atoms with van der Waals surface area (Å²) in [7, 11) is 1.89. The van der Waals surface area contributed by atoms with Crippen LogP contribution in [0.4, 0.5) is 5.69 Å². The van der Waals surface area contributed by atoms with Gasteiger partial charge in [0.15, 0.2) is 0 Å². The van der Waals surface area contributed by atoms with Gasteiger partial charge < -0.3 is 10.0 Å². The average Bonchev–Trinajstić information content (AvgIpc) is 2.97. The number of rotatable bonds is 8. The van der Waals surface area contributed by atoms with Crippen molar-refractivity contribution in [2.75, 3.05) is 25.0 Å². The standard InChI is InChI=1S/C28H30N2O2/c1-29(27(28(31)32)19-16-22-10-3-2-4-11-22)20-9-21-30-25-14-7-5-12-23(25)17-18-24-13-6-8-15-26(24)30/h2-8,10-19,23,25,27H,9,20-21H2,1H3,(H,31,32)/b19-16+. The van der Waals surface area contributed by atoms with Gasteiger partial charge in [-0.1, -0.05) is 97.1 Å². The van der Waals surface area contributed by atoms with Crippen LogP contribution in [0.15, 0.2) is 91.1 Å². The maximum atomic E-state index is 11.9. The van der Waals surface area contributed by atoms with E-state index in [1.165, 1.54) is 11.3 Å². The van der Waals surface area contributed by atoms with Crippen LogP contribution in [0.3, 0.4) is 0 Å². The molecule has 4 nitrogen and oxygen atoms in total. The molecule has 0 aromatic heterocycles. The zero-order valence-corrected chi connectivity index (χ0v) is 18.4. The highest BCUT2D eigenvalue weighted by molar-refractivity contribution is 5.77. The third-order valence-electron chi connectivity index (χ3n) is 6.16. The molecule has 3 atom stereocenters. The topological polar surface area (TPSA) is 43.8 Å². The van der Waals surface area contributed by atoms with Crippen molar-refractivity contribution >= 4 is 23.8 Å². The van der Waals surface area contributed by atoms with Crippen LogP contribution in [0.1, 0.15) is 17.5 Å². The van der Waals surface area contributed by atoms with Crippen molar-refractivity contribution in [1.29, 1.82) is 0 Å². The van der Waals surface area contributed by atoms with E-state index < -0.39 is 12.0 Å². The summed E-state index contributed by atoms with van der Waals surface area (Å²) in [4.78, 5) is 16.3. The van der Waals surface area contributed by atoms with Gasteiger partial charge in [0.1, 0.15) is 6.04 Å². The van der Waals surface area contributed by atoms with E-state index in [4.69, 9.17) is 0 Å². The first-order valence-corrected chi connectivity index (χ1v) is 11.2. The molecule has 4 rings (SSSR count). The van der Waals surface area contributed by atoms with Crippen molar-refractivity contribution in [2.45, 2.75) is 18.5 Å². The first kappa shape index (κ1) is 21.8. The summed E-state index contributed by atoms with van der Waals surface area (Å²) in [6.45, 7) is 1.55. The number of para-hydroxylation sites is 1. The second-order valence-electron chi connectivity index (χ2n) is 8.34. The number of hydrogen-bond acceptors (Lipinski definition) is 3. The maximum Gasteiger partial charge on any atom is 0.324 e. The van der Waals surface area contributed by atoms with E-state index in [1.54, 1.807) is 6.08 Å². The van der Waals surface area contributed by atoms with Gasteiger partial charge in [-0.2, -0.15) is 0 Å². The third kappa shape index (κ3) is 5.09. The van der Waals surface area contributed by atoms with E-state index in [1.807, 2.05) is 48.4 Å². The molecule has 0 radical (unpaired) electrons. The molecule has 3 unspecified atom stereocenters. The summed E-state index contributed by atoms with van der Waals surface area (Å²) in [5.74, 6) is -0.491. The molecule has 1 aliphatic carbocycles. The third-order valence-corrected chi connectivity index (χ3v) is 6.16. The summed E-state index contributed by atoms with van der Waals surface area (Å²) in [5, 5.41) is 9.76. The molecule has 0 bridgehead atoms. The predicted octanol–water partition coefficient (Wildman–Crippen LogP) is 5.12. The molecule has 164 valence electrons. The smallest absolute Gasteiger partial charge is 0.324 e. The Bertz CT molecular complexity index is 1040. The van der Waals surface area contributed by atoms with Gasteiger partial charge in [0.2, 0.25) is 0 Å². The van der Waals surface area contributed by atoms with Gasteiger partial charge >= 0.3 is 5.97 Å². The second kappa shape index (κ2) is 10.3. The Morgan fingerprint density at radius 3 is 2.62 bits per heavy atom. The minimum absolute atomic E-state index is 0.276. The predicted molar refractivity (Wildman–Crippen MR) is 133 cm³/mol. The molecule has 32 heavy (non-hydrogen) atoms. The van der Waals surface area contributed by atoms with Gasteiger partial charge in [0.25, 0.3) is 0 Å². The number of benzene rings is 2. The summed E-state index contributed by atoms with van der Waals surface area (Å²) in [6.07, 6.45) is 17.8. The quantitative estimate of drug-likeness (QED) is 0.636. The van der Waals surface area contributed by atoms with Crippen molar-refractivity contribution in [3.8, 4) is 0 Å². The molecule has 0 fully saturated rings. The molecule has 2 aromatic carbocycles. The van der Waals surface area contributed by atoms with E-state index in [9.17, 15) is 9.90 Å². The van der Waals surface area contributed by atoms with E-state index >= 15 is 0 Å². The monoisotopic (exact) mass is 426 g/mol. The van der Waals surface area contributed by atoms with Crippen molar-refractivity contribution in [1.82, 2.24) is 4.90 Å². The van der Waals surface area contributed by atoms with Crippen molar-refractivity contribution < 1.29 is 9.90 Å². The summed E-state index contributed by atoms with van der Waals surface area (Å²) < 4.78 is 0. The number of anilines is 1. The second-order valence-corrected chi connectivity index (χ2v) is 8.34. The van der Waals surface area contributed by atoms with Crippen LogP contribution in [0.25, 0.3) is 12.2 Å². The molecular weight excluding hydrogens is 396 g/mol. The molecule has 4 heteroatoms. The van der Waals surface area contributed by atoms with E-state index in [0.29, 0.717) is 12.5 Å². The Kier molecular flexibility index (Phi) is 7.03. The van der Waals surface area contributed by atoms with Crippen molar-refractivity contribution in [2.24, 2.45) is 5.92 Å². The van der Waals surface area contributed by atoms with Crippen LogP contribution >= 0.6 is 0 Å². The van der Waals surface area contributed by atoms with Gasteiger partial charge in [-0.3, -0.25) is 9.69 Å². The number of carboxylic acid groups (broad SMARTS) is 1. The van der Waals surface area contributed by atoms with Crippen LogP contribution < -0.4 is 4.90 Å². The number of carbonyl (C=O) groups is 1. The zero-order valence-electron chi connectivity index (χ0n) is 18.4. The number of carboxylic acids is 1. The molecular formula is C28H30N2O2. The molecule has 1 N–H and O–H groups in total. The Morgan fingerprint density at radius 1 is 1.06 bits per heavy atom. The summed E-state index contributed by atoms with van der Waals surface area (Å²) in [5.41, 5.74) is 3.47. The summed E-state index contributed by atoms with van der Waals surface area (Å²) in [6, 6.07) is 17.9. The highest BCUT2D eigenvalue weighted by atomic mass is 16.4. The fraction of sp³-hybridized carbons (Fsp3) is 0.250. The maximum absolute atomic E-state index is 11.9. The fourth-order valence-corrected chi connectivity index (χ4v) is 4.45. The molecule has 2 aliphatic rings. The number of allylic oxidation sites excluding steroid dienone is 2. The molecule has 0 saturated heterocycles. The first-order valence-electron chi connectivity index (χ1n) is 11.2. The van der Waals surface area contributed by atoms with Crippen molar-refractivity contribution in [3.63, 3.8) is 0 Å². The highest BCUT2D eigenvalue weighted by Gasteiger charge is 2.27. The fourth-order valence-electron chi connectivity index (χ4n) is 4.45. The normalized spacial score (nSPS) is 20.2. The molecule has 0 amide bonds. The van der Waals surface area contributed by atoms with Gasteiger partial charge in [0, 0.05) is 24.7 Å². The minimum atomic E-state index is -0.829. The Labute approximate surface area is 190 Å². The lowest BCUT2D eigenvalue weighted by molar-refractivity contribution is -0.140. The van der Waals surface area contributed by atoms with E-state index in [-0.39, 0.29) is 6.04 Å². The highest BCUT2D eigenvalue weighted by Crippen LogP contribution is 2.33. The number of likely N-dealkylation sites (N-methyl/N-ethyl adjacent to an activating group) is 1. The zero-order chi connectivity index (χ0) is 22.3.